The number of hydrogen-bond acceptors (Lipinski definition) is 5. The van der Waals surface area contributed by atoms with Crippen LogP contribution in [0, 0.1) is 5.82 Å². The molecule has 3 aromatic rings. The maximum absolute atomic E-state index is 14.9. The zero-order valence-corrected chi connectivity index (χ0v) is 18.4. The van der Waals surface area contributed by atoms with E-state index >= 15 is 0 Å². The van der Waals surface area contributed by atoms with E-state index in [2.05, 4.69) is 20.5 Å². The van der Waals surface area contributed by atoms with Gasteiger partial charge in [0.05, 0.1) is 17.3 Å². The van der Waals surface area contributed by atoms with Crippen LogP contribution in [0.3, 0.4) is 0 Å². The molecule has 0 saturated carbocycles. The van der Waals surface area contributed by atoms with Gasteiger partial charge in [0.15, 0.2) is 11.5 Å². The number of hydrogen-bond donors (Lipinski definition) is 2. The lowest BCUT2D eigenvalue weighted by Crippen LogP contribution is -2.40. The number of carbonyl (C=O) groups excluding carboxylic acids is 1. The molecule has 1 aromatic carbocycles. The third kappa shape index (κ3) is 3.94. The van der Waals surface area contributed by atoms with E-state index in [-0.39, 0.29) is 22.3 Å². The van der Waals surface area contributed by atoms with Gasteiger partial charge in [0.2, 0.25) is 0 Å². The van der Waals surface area contributed by atoms with Gasteiger partial charge in [-0.25, -0.2) is 14.8 Å². The number of aromatic amines is 1. The zero-order chi connectivity index (χ0) is 23.1. The minimum atomic E-state index is -0.610. The van der Waals surface area contributed by atoms with E-state index in [1.807, 2.05) is 0 Å². The van der Waals surface area contributed by atoms with Crippen molar-refractivity contribution in [1.82, 2.24) is 15.2 Å². The number of urea groups is 1. The Morgan fingerprint density at radius 1 is 1.36 bits per heavy atom. The van der Waals surface area contributed by atoms with Crippen molar-refractivity contribution < 1.29 is 18.5 Å². The van der Waals surface area contributed by atoms with E-state index in [4.69, 9.17) is 16.3 Å². The Balaban J connectivity index is 1.42. The number of halogens is 2. The van der Waals surface area contributed by atoms with Gasteiger partial charge in [-0.15, -0.1) is 0 Å². The van der Waals surface area contributed by atoms with Crippen LogP contribution in [0.4, 0.5) is 14.9 Å². The van der Waals surface area contributed by atoms with Gasteiger partial charge >= 0.3 is 6.03 Å². The average Bonchev–Trinajstić information content (AvgIpc) is 3.12. The maximum atomic E-state index is 14.9. The minimum Gasteiger partial charge on any atom is -0.378 e. The molecule has 2 N–H and O–H groups in total. The Bertz CT molecular complexity index is 1350. The number of H-pyrrole nitrogens is 1. The molecule has 168 valence electrons. The molecular weight excluding hydrogens is 449 g/mol. The summed E-state index contributed by atoms with van der Waals surface area (Å²) >= 11 is 6.42. The number of ether oxygens (including phenoxy) is 1. The highest BCUT2D eigenvalue weighted by Crippen LogP contribution is 2.33. The predicted octanol–water partition coefficient (Wildman–Crippen LogP) is 3.52. The molecule has 0 spiro atoms. The second kappa shape index (κ2) is 8.49. The number of rotatable bonds is 4. The minimum absolute atomic E-state index is 0.0158. The summed E-state index contributed by atoms with van der Waals surface area (Å²) in [5, 5.41) is 9.48. The largest absolute Gasteiger partial charge is 0.496 e. The van der Waals surface area contributed by atoms with Gasteiger partial charge in [-0.1, -0.05) is 17.7 Å². The first kappa shape index (κ1) is 21.4. The number of methoxy groups -OCH3 is 1. The number of benzene rings is 1. The number of aromatic nitrogens is 3. The molecule has 2 bridgehead atoms. The summed E-state index contributed by atoms with van der Waals surface area (Å²) in [7, 11) is 1.58. The fraction of sp³-hybridized carbons (Fsp3) is 0.261. The molecular formula is C23H20ClFN5O3+. The van der Waals surface area contributed by atoms with Crippen molar-refractivity contribution in [3.8, 4) is 11.1 Å². The van der Waals surface area contributed by atoms with Gasteiger partial charge in [-0.2, -0.15) is 14.5 Å². The van der Waals surface area contributed by atoms with Crippen molar-refractivity contribution in [3.05, 3.63) is 74.7 Å². The first-order chi connectivity index (χ1) is 15.9. The maximum Gasteiger partial charge on any atom is 0.496 e. The molecule has 2 aliphatic heterocycles. The van der Waals surface area contributed by atoms with Crippen LogP contribution in [-0.2, 0) is 17.8 Å². The van der Waals surface area contributed by atoms with E-state index in [1.165, 1.54) is 18.2 Å². The standard InChI is InChI=1S/C23H19ClFN5O3/c1-33-11-14-3-2-12(10-26-14)16-8-18(25)19(9-17(16)24)27-23(32)30-15-4-5-20(30)22-13(6-15)7-21(31)28-29-22/h2-3,7-10,15H,4-6,11H2,1H3,(H,27,32)/p+1/t15-/m0/s1. The van der Waals surface area contributed by atoms with Gasteiger partial charge in [0.1, 0.15) is 17.4 Å². The van der Waals surface area contributed by atoms with E-state index in [0.717, 1.165) is 23.4 Å². The summed E-state index contributed by atoms with van der Waals surface area (Å²) in [6, 6.07) is 7.20. The SMILES string of the molecule is COCc1ccc(-c2cc(F)c(NC(=O)[N+]3=C4CC[C@H]3Cc3cc(=O)[nH]nc34)cc2Cl)cn1. The Hall–Kier alpha value is -3.43. The lowest BCUT2D eigenvalue weighted by Gasteiger charge is -2.18. The molecule has 33 heavy (non-hydrogen) atoms. The molecule has 10 heteroatoms. The van der Waals surface area contributed by atoms with Gasteiger partial charge in [-0.3, -0.25) is 9.78 Å². The van der Waals surface area contributed by atoms with Crippen molar-refractivity contribution in [1.29, 1.82) is 0 Å². The third-order valence-corrected chi connectivity index (χ3v) is 6.24. The van der Waals surface area contributed by atoms with E-state index in [1.54, 1.807) is 30.0 Å². The van der Waals surface area contributed by atoms with Crippen LogP contribution < -0.4 is 10.9 Å². The molecule has 2 aromatic heterocycles. The molecule has 0 radical (unpaired) electrons. The number of pyridine rings is 1. The van der Waals surface area contributed by atoms with E-state index in [9.17, 15) is 14.0 Å². The molecule has 0 unspecified atom stereocenters. The number of fused-ring (bicyclic) bond motifs is 3. The van der Waals surface area contributed by atoms with Crippen molar-refractivity contribution in [2.24, 2.45) is 0 Å². The molecule has 2 aliphatic rings. The van der Waals surface area contributed by atoms with E-state index < -0.39 is 11.8 Å². The molecule has 2 amide bonds. The lowest BCUT2D eigenvalue weighted by atomic mass is 10.0. The van der Waals surface area contributed by atoms with Crippen LogP contribution in [0.25, 0.3) is 11.1 Å². The molecule has 5 rings (SSSR count). The second-order valence-corrected chi connectivity index (χ2v) is 8.44. The Kier molecular flexibility index (Phi) is 5.51. The lowest BCUT2D eigenvalue weighted by molar-refractivity contribution is -0.460. The molecule has 4 heterocycles. The topological polar surface area (TPSA) is 100.0 Å². The monoisotopic (exact) mass is 468 g/mol. The predicted molar refractivity (Wildman–Crippen MR) is 120 cm³/mol. The fourth-order valence-electron chi connectivity index (χ4n) is 4.44. The quantitative estimate of drug-likeness (QED) is 0.571. The van der Waals surface area contributed by atoms with Crippen LogP contribution in [-0.4, -0.2) is 44.7 Å². The Morgan fingerprint density at radius 3 is 2.97 bits per heavy atom. The van der Waals surface area contributed by atoms with Gasteiger partial charge in [0, 0.05) is 49.4 Å². The molecule has 0 saturated heterocycles. The Morgan fingerprint density at radius 2 is 2.21 bits per heavy atom. The summed E-state index contributed by atoms with van der Waals surface area (Å²) in [4.78, 5) is 29.0. The number of nitrogens with one attached hydrogen (secondary N) is 2. The van der Waals surface area contributed by atoms with Crippen LogP contribution >= 0.6 is 11.6 Å². The summed E-state index contributed by atoms with van der Waals surface area (Å²) in [5.74, 6) is -0.610. The summed E-state index contributed by atoms with van der Waals surface area (Å²) in [5.41, 5.74) is 3.73. The Labute approximate surface area is 193 Å². The normalized spacial score (nSPS) is 16.6. The van der Waals surface area contributed by atoms with Crippen LogP contribution in [0.1, 0.15) is 29.8 Å². The second-order valence-electron chi connectivity index (χ2n) is 8.03. The zero-order valence-electron chi connectivity index (χ0n) is 17.7. The van der Waals surface area contributed by atoms with Gasteiger partial charge < -0.3 is 4.74 Å². The number of amides is 2. The number of carbonyl (C=O) groups is 1. The highest BCUT2D eigenvalue weighted by molar-refractivity contribution is 6.33. The van der Waals surface area contributed by atoms with Crippen LogP contribution in [0.2, 0.25) is 5.02 Å². The molecule has 0 fully saturated rings. The van der Waals surface area contributed by atoms with Crippen molar-refractivity contribution in [2.45, 2.75) is 31.9 Å². The highest BCUT2D eigenvalue weighted by Gasteiger charge is 2.42. The summed E-state index contributed by atoms with van der Waals surface area (Å²) in [6.45, 7) is 0.375. The summed E-state index contributed by atoms with van der Waals surface area (Å²) in [6.07, 6.45) is 3.53. The van der Waals surface area contributed by atoms with Gasteiger partial charge in [0.25, 0.3) is 5.56 Å². The molecule has 0 aliphatic carbocycles. The first-order valence-electron chi connectivity index (χ1n) is 10.4. The van der Waals surface area contributed by atoms with Gasteiger partial charge in [-0.05, 0) is 24.1 Å². The third-order valence-electron chi connectivity index (χ3n) is 5.93. The fourth-order valence-corrected chi connectivity index (χ4v) is 4.72. The van der Waals surface area contributed by atoms with Crippen molar-refractivity contribution >= 4 is 29.0 Å². The molecule has 1 atom stereocenters. The van der Waals surface area contributed by atoms with E-state index in [0.29, 0.717) is 36.3 Å². The highest BCUT2D eigenvalue weighted by atomic mass is 35.5. The summed E-state index contributed by atoms with van der Waals surface area (Å²) < 4.78 is 21.6. The number of nitrogens with zero attached hydrogens (tertiary/aromatic N) is 3. The van der Waals surface area contributed by atoms with Crippen molar-refractivity contribution in [3.63, 3.8) is 0 Å². The number of anilines is 1. The average molecular weight is 469 g/mol. The molecule has 8 nitrogen and oxygen atoms in total. The van der Waals surface area contributed by atoms with Crippen molar-refractivity contribution in [2.75, 3.05) is 12.4 Å². The van der Waals surface area contributed by atoms with Crippen LogP contribution in [0.5, 0.6) is 0 Å². The smallest absolute Gasteiger partial charge is 0.378 e. The first-order valence-corrected chi connectivity index (χ1v) is 10.8. The van der Waals surface area contributed by atoms with Crippen LogP contribution in [0.15, 0.2) is 41.3 Å².